The highest BCUT2D eigenvalue weighted by Crippen LogP contribution is 2.34. The van der Waals surface area contributed by atoms with E-state index in [0.717, 1.165) is 4.47 Å². The summed E-state index contributed by atoms with van der Waals surface area (Å²) >= 11 is 10.9. The van der Waals surface area contributed by atoms with Crippen LogP contribution >= 0.6 is 38.9 Å². The van der Waals surface area contributed by atoms with Crippen LogP contribution in [0, 0.1) is 0 Å². The van der Waals surface area contributed by atoms with E-state index in [9.17, 15) is 13.2 Å². The molecule has 128 valence electrons. The van der Waals surface area contributed by atoms with Crippen molar-refractivity contribution in [2.45, 2.75) is 11.7 Å². The number of thiophene rings is 1. The number of hydrogen-bond donors (Lipinski definition) is 0. The molecule has 0 aliphatic carbocycles. The third kappa shape index (κ3) is 3.69. The molecular formula is C16H15BrClNO3S2. The SMILES string of the molecule is O=C(c1cc(Br)cs1)N1CCC(c2ccccc2Cl)S(=O)(=O)CC1. The fraction of sp³-hybridized carbons (Fsp3) is 0.312. The molecule has 4 nitrogen and oxygen atoms in total. The van der Waals surface area contributed by atoms with Crippen LogP contribution in [0.5, 0.6) is 0 Å². The number of halogens is 2. The van der Waals surface area contributed by atoms with Crippen molar-refractivity contribution in [3.8, 4) is 0 Å². The standard InChI is InChI=1S/C16H15BrClNO3S2/c17-11-9-14(23-10-11)16(20)19-6-5-15(24(21,22)8-7-19)12-3-1-2-4-13(12)18/h1-4,9-10,15H,5-8H2. The van der Waals surface area contributed by atoms with Crippen LogP contribution in [0.2, 0.25) is 5.02 Å². The molecule has 1 amide bonds. The van der Waals surface area contributed by atoms with Gasteiger partial charge in [0.2, 0.25) is 0 Å². The Hall–Kier alpha value is -0.890. The molecule has 2 heterocycles. The first-order valence-corrected chi connectivity index (χ1v) is 11.1. The zero-order valence-corrected chi connectivity index (χ0v) is 16.6. The van der Waals surface area contributed by atoms with Crippen LogP contribution in [0.1, 0.15) is 26.9 Å². The third-order valence-corrected chi connectivity index (χ3v) is 8.19. The summed E-state index contributed by atoms with van der Waals surface area (Å²) in [6.07, 6.45) is 0.352. The second-order valence-electron chi connectivity index (χ2n) is 5.59. The van der Waals surface area contributed by atoms with E-state index in [-0.39, 0.29) is 18.2 Å². The number of carbonyl (C=O) groups is 1. The molecule has 1 aromatic carbocycles. The summed E-state index contributed by atoms with van der Waals surface area (Å²) < 4.78 is 26.2. The summed E-state index contributed by atoms with van der Waals surface area (Å²) in [5.41, 5.74) is 0.618. The van der Waals surface area contributed by atoms with Crippen LogP contribution in [0.25, 0.3) is 0 Å². The lowest BCUT2D eigenvalue weighted by atomic mass is 10.1. The average molecular weight is 449 g/mol. The first-order valence-electron chi connectivity index (χ1n) is 7.38. The molecule has 24 heavy (non-hydrogen) atoms. The zero-order valence-electron chi connectivity index (χ0n) is 12.6. The topological polar surface area (TPSA) is 54.5 Å². The lowest BCUT2D eigenvalue weighted by Crippen LogP contribution is -2.33. The zero-order chi connectivity index (χ0) is 17.3. The first-order chi connectivity index (χ1) is 11.4. The van der Waals surface area contributed by atoms with Gasteiger partial charge in [-0.3, -0.25) is 4.79 Å². The van der Waals surface area contributed by atoms with Crippen molar-refractivity contribution in [3.63, 3.8) is 0 Å². The van der Waals surface area contributed by atoms with Gasteiger partial charge in [0.15, 0.2) is 9.84 Å². The fourth-order valence-corrected chi connectivity index (χ4v) is 6.36. The van der Waals surface area contributed by atoms with Gasteiger partial charge in [0.1, 0.15) is 0 Å². The van der Waals surface area contributed by atoms with E-state index in [4.69, 9.17) is 11.6 Å². The van der Waals surface area contributed by atoms with Crippen molar-refractivity contribution in [2.75, 3.05) is 18.8 Å². The van der Waals surface area contributed by atoms with Crippen LogP contribution in [-0.2, 0) is 9.84 Å². The fourth-order valence-electron chi connectivity index (χ4n) is 2.81. The van der Waals surface area contributed by atoms with Crippen LogP contribution in [0.3, 0.4) is 0 Å². The Balaban J connectivity index is 1.85. The van der Waals surface area contributed by atoms with Crippen LogP contribution in [-0.4, -0.2) is 38.1 Å². The lowest BCUT2D eigenvalue weighted by Gasteiger charge is -2.19. The summed E-state index contributed by atoms with van der Waals surface area (Å²) in [6, 6.07) is 8.77. The first kappa shape index (κ1) is 17.9. The normalized spacial score (nSPS) is 20.6. The summed E-state index contributed by atoms with van der Waals surface area (Å²) in [4.78, 5) is 14.8. The minimum Gasteiger partial charge on any atom is -0.337 e. The molecule has 1 aliphatic rings. The van der Waals surface area contributed by atoms with Gasteiger partial charge in [-0.1, -0.05) is 29.8 Å². The van der Waals surface area contributed by atoms with Crippen molar-refractivity contribution in [1.82, 2.24) is 4.90 Å². The van der Waals surface area contributed by atoms with Crippen LogP contribution in [0.15, 0.2) is 40.2 Å². The Morgan fingerprint density at radius 3 is 2.71 bits per heavy atom. The van der Waals surface area contributed by atoms with Gasteiger partial charge in [-0.05, 0) is 40.0 Å². The number of hydrogen-bond acceptors (Lipinski definition) is 4. The molecule has 1 saturated heterocycles. The van der Waals surface area contributed by atoms with Crippen molar-refractivity contribution < 1.29 is 13.2 Å². The number of rotatable bonds is 2. The molecule has 1 unspecified atom stereocenters. The molecule has 0 spiro atoms. The van der Waals surface area contributed by atoms with Crippen LogP contribution < -0.4 is 0 Å². The van der Waals surface area contributed by atoms with E-state index in [1.807, 2.05) is 5.38 Å². The average Bonchev–Trinajstić information content (AvgIpc) is 2.90. The molecule has 1 aliphatic heterocycles. The summed E-state index contributed by atoms with van der Waals surface area (Å²) in [5.74, 6) is -0.179. The second kappa shape index (κ2) is 7.15. The molecular weight excluding hydrogens is 434 g/mol. The van der Waals surface area contributed by atoms with E-state index >= 15 is 0 Å². The molecule has 2 aromatic rings. The number of nitrogens with zero attached hydrogens (tertiary/aromatic N) is 1. The quantitative estimate of drug-likeness (QED) is 0.693. The van der Waals surface area contributed by atoms with E-state index in [1.54, 1.807) is 35.2 Å². The Kier molecular flexibility index (Phi) is 5.34. The maximum Gasteiger partial charge on any atom is 0.263 e. The van der Waals surface area contributed by atoms with E-state index in [2.05, 4.69) is 15.9 Å². The highest BCUT2D eigenvalue weighted by atomic mass is 79.9. The van der Waals surface area contributed by atoms with Crippen molar-refractivity contribution >= 4 is 54.6 Å². The maximum atomic E-state index is 12.7. The molecule has 0 saturated carbocycles. The van der Waals surface area contributed by atoms with Gasteiger partial charge in [0.05, 0.1) is 15.9 Å². The highest BCUT2D eigenvalue weighted by molar-refractivity contribution is 9.10. The van der Waals surface area contributed by atoms with E-state index in [0.29, 0.717) is 28.4 Å². The van der Waals surface area contributed by atoms with Gasteiger partial charge in [-0.2, -0.15) is 0 Å². The predicted molar refractivity (Wildman–Crippen MR) is 101 cm³/mol. The predicted octanol–water partition coefficient (Wildman–Crippen LogP) is 4.17. The van der Waals surface area contributed by atoms with Gasteiger partial charge in [0.25, 0.3) is 5.91 Å². The van der Waals surface area contributed by atoms with Crippen LogP contribution in [0.4, 0.5) is 0 Å². The Morgan fingerprint density at radius 1 is 1.29 bits per heavy atom. The lowest BCUT2D eigenvalue weighted by molar-refractivity contribution is 0.0771. The Labute approximate surface area is 158 Å². The smallest absolute Gasteiger partial charge is 0.263 e. The molecule has 1 atom stereocenters. The van der Waals surface area contributed by atoms with Gasteiger partial charge >= 0.3 is 0 Å². The Bertz CT molecular complexity index is 866. The van der Waals surface area contributed by atoms with Gasteiger partial charge in [-0.15, -0.1) is 11.3 Å². The minimum atomic E-state index is -3.36. The van der Waals surface area contributed by atoms with Gasteiger partial charge in [-0.25, -0.2) is 8.42 Å². The molecule has 0 bridgehead atoms. The largest absolute Gasteiger partial charge is 0.337 e. The Morgan fingerprint density at radius 2 is 2.04 bits per heavy atom. The maximum absolute atomic E-state index is 12.7. The molecule has 3 rings (SSSR count). The number of carbonyl (C=O) groups excluding carboxylic acids is 1. The molecule has 0 radical (unpaired) electrons. The molecule has 1 fully saturated rings. The molecule has 0 N–H and O–H groups in total. The van der Waals surface area contributed by atoms with E-state index < -0.39 is 15.1 Å². The summed E-state index contributed by atoms with van der Waals surface area (Å²) in [6.45, 7) is 0.598. The van der Waals surface area contributed by atoms with Crippen molar-refractivity contribution in [1.29, 1.82) is 0 Å². The van der Waals surface area contributed by atoms with Gasteiger partial charge < -0.3 is 4.90 Å². The number of sulfone groups is 1. The minimum absolute atomic E-state index is 0.0544. The van der Waals surface area contributed by atoms with Crippen molar-refractivity contribution in [2.24, 2.45) is 0 Å². The molecule has 8 heteroatoms. The second-order valence-corrected chi connectivity index (χ2v) is 10.1. The number of benzene rings is 1. The van der Waals surface area contributed by atoms with Crippen molar-refractivity contribution in [3.05, 3.63) is 55.6 Å². The number of amides is 1. The van der Waals surface area contributed by atoms with Gasteiger partial charge in [0, 0.05) is 28.0 Å². The monoisotopic (exact) mass is 447 g/mol. The summed E-state index contributed by atoms with van der Waals surface area (Å²) in [5, 5.41) is 1.63. The summed E-state index contributed by atoms with van der Waals surface area (Å²) in [7, 11) is -3.36. The third-order valence-electron chi connectivity index (χ3n) is 4.06. The van der Waals surface area contributed by atoms with E-state index in [1.165, 1.54) is 11.3 Å². The highest BCUT2D eigenvalue weighted by Gasteiger charge is 2.34. The molecule has 1 aromatic heterocycles.